The lowest BCUT2D eigenvalue weighted by atomic mass is 9.96. The summed E-state index contributed by atoms with van der Waals surface area (Å²) in [6.07, 6.45) is 1.94. The summed E-state index contributed by atoms with van der Waals surface area (Å²) in [5.74, 6) is -0.230. The Kier molecular flexibility index (Phi) is 10.7. The molecule has 0 bridgehead atoms. The Hall–Kier alpha value is -3.42. The van der Waals surface area contributed by atoms with E-state index in [4.69, 9.17) is 8.92 Å². The van der Waals surface area contributed by atoms with Gasteiger partial charge in [0.1, 0.15) is 21.8 Å². The molecule has 45 heavy (non-hydrogen) atoms. The fourth-order valence-corrected chi connectivity index (χ4v) is 7.28. The second-order valence-corrected chi connectivity index (χ2v) is 15.5. The van der Waals surface area contributed by atoms with Gasteiger partial charge in [-0.05, 0) is 97.7 Å². The Morgan fingerprint density at radius 1 is 1.02 bits per heavy atom. The Morgan fingerprint density at radius 2 is 1.67 bits per heavy atom. The van der Waals surface area contributed by atoms with Gasteiger partial charge in [0.15, 0.2) is 5.13 Å². The third kappa shape index (κ3) is 9.08. The third-order valence-corrected chi connectivity index (χ3v) is 9.78. The molecule has 1 heterocycles. The maximum Gasteiger partial charge on any atom is 0.408 e. The zero-order valence-corrected chi connectivity index (χ0v) is 28.7. The Bertz CT molecular complexity index is 1580. The highest BCUT2D eigenvalue weighted by Gasteiger charge is 2.43. The predicted molar refractivity (Wildman–Crippen MR) is 179 cm³/mol. The van der Waals surface area contributed by atoms with Crippen LogP contribution in [0.5, 0.6) is 5.75 Å². The number of aromatic nitrogens is 1. The fourth-order valence-electron chi connectivity index (χ4n) is 5.47. The summed E-state index contributed by atoms with van der Waals surface area (Å²) in [6.45, 7) is 15.6. The van der Waals surface area contributed by atoms with Gasteiger partial charge in [-0.1, -0.05) is 24.2 Å². The second kappa shape index (κ2) is 13.9. The molecule has 1 saturated carbocycles. The number of rotatable bonds is 12. The van der Waals surface area contributed by atoms with Crippen LogP contribution in [-0.4, -0.2) is 66.6 Å². The van der Waals surface area contributed by atoms with Gasteiger partial charge in [-0.2, -0.15) is 8.42 Å². The topological polar surface area (TPSA) is 139 Å². The van der Waals surface area contributed by atoms with Crippen LogP contribution in [0.1, 0.15) is 74.1 Å². The molecule has 0 spiro atoms. The number of fused-ring (bicyclic) bond motifs is 1. The zero-order chi connectivity index (χ0) is 33.0. The first-order valence-corrected chi connectivity index (χ1v) is 17.6. The third-order valence-electron chi connectivity index (χ3n) is 7.59. The van der Waals surface area contributed by atoms with Crippen molar-refractivity contribution in [3.05, 3.63) is 42.5 Å². The van der Waals surface area contributed by atoms with Gasteiger partial charge in [0.05, 0.1) is 10.2 Å². The van der Waals surface area contributed by atoms with E-state index in [-0.39, 0.29) is 16.6 Å². The van der Waals surface area contributed by atoms with Gasteiger partial charge >= 0.3 is 16.2 Å². The molecule has 246 valence electrons. The van der Waals surface area contributed by atoms with E-state index in [2.05, 4.69) is 53.5 Å². The minimum atomic E-state index is -4.08. The van der Waals surface area contributed by atoms with E-state index in [0.29, 0.717) is 40.3 Å². The van der Waals surface area contributed by atoms with Crippen LogP contribution in [0.2, 0.25) is 0 Å². The van der Waals surface area contributed by atoms with Crippen LogP contribution in [0.4, 0.5) is 15.6 Å². The fraction of sp³-hybridized carbons (Fsp3) is 0.531. The highest BCUT2D eigenvalue weighted by molar-refractivity contribution is 7.87. The maximum absolute atomic E-state index is 13.4. The number of carbonyl (C=O) groups excluding carboxylic acids is 2. The van der Waals surface area contributed by atoms with Crippen LogP contribution < -0.4 is 20.1 Å². The zero-order valence-electron chi connectivity index (χ0n) is 27.1. The number of thiazole rings is 1. The molecular formula is C32H45N5O6S2. The molecule has 1 fully saturated rings. The molecule has 2 amide bonds. The van der Waals surface area contributed by atoms with E-state index in [0.717, 1.165) is 31.6 Å². The summed E-state index contributed by atoms with van der Waals surface area (Å²) >= 11 is 1.19. The molecule has 3 aromatic rings. The van der Waals surface area contributed by atoms with E-state index in [1.165, 1.54) is 29.5 Å². The van der Waals surface area contributed by atoms with Gasteiger partial charge in [0.25, 0.3) is 5.91 Å². The van der Waals surface area contributed by atoms with Crippen LogP contribution in [0.15, 0.2) is 47.4 Å². The average Bonchev–Trinajstić information content (AvgIpc) is 3.56. The number of anilines is 2. The maximum atomic E-state index is 13.4. The summed E-state index contributed by atoms with van der Waals surface area (Å²) < 4.78 is 37.6. The molecule has 2 aromatic carbocycles. The number of hydrogen-bond donors (Lipinski definition) is 3. The second-order valence-electron chi connectivity index (χ2n) is 12.9. The number of nitrogens with one attached hydrogen (secondary N) is 3. The lowest BCUT2D eigenvalue weighted by Gasteiger charge is -2.30. The molecule has 3 N–H and O–H groups in total. The van der Waals surface area contributed by atoms with Crippen LogP contribution in [-0.2, 0) is 19.6 Å². The normalized spacial score (nSPS) is 15.1. The van der Waals surface area contributed by atoms with E-state index >= 15 is 0 Å². The monoisotopic (exact) mass is 659 g/mol. The number of alkyl carbamates (subject to hydrolysis) is 1. The minimum absolute atomic E-state index is 0.0377. The number of hydrogen-bond acceptors (Lipinski definition) is 10. The minimum Gasteiger partial charge on any atom is -0.444 e. The first-order chi connectivity index (χ1) is 21.1. The van der Waals surface area contributed by atoms with Crippen molar-refractivity contribution in [2.24, 2.45) is 0 Å². The van der Waals surface area contributed by atoms with Crippen LogP contribution in [0.25, 0.3) is 10.2 Å². The number of carbonyl (C=O) groups is 2. The Labute approximate surface area is 270 Å². The standard InChI is InChI=1S/C32H45N5O6S2/c1-21(2)37(22(3)4)19-18-33-23-10-13-25(14-11-23)45(40,41)43-24-12-15-26-27(20-24)44-29(34-26)35-28(38)32(16-8-9-17-32)36-30(39)42-31(5,6)7/h10-15,20-22,33H,8-9,16-19H2,1-7H3,(H,36,39)(H,34,35,38). The van der Waals surface area contributed by atoms with Gasteiger partial charge in [0, 0.05) is 36.9 Å². The van der Waals surface area contributed by atoms with Gasteiger partial charge in [-0.15, -0.1) is 0 Å². The number of nitrogens with zero attached hydrogens (tertiary/aromatic N) is 2. The SMILES string of the molecule is CC(C)N(CCNc1ccc(S(=O)(=O)Oc2ccc3nc(NC(=O)C4(NC(=O)OC(C)(C)C)CCCC4)sc3c2)cc1)C(C)C. The van der Waals surface area contributed by atoms with Gasteiger partial charge in [-0.3, -0.25) is 15.0 Å². The highest BCUT2D eigenvalue weighted by Crippen LogP contribution is 2.34. The lowest BCUT2D eigenvalue weighted by molar-refractivity contribution is -0.122. The molecule has 1 aromatic heterocycles. The van der Waals surface area contributed by atoms with Crippen molar-refractivity contribution in [2.75, 3.05) is 23.7 Å². The van der Waals surface area contributed by atoms with E-state index in [1.54, 1.807) is 45.0 Å². The van der Waals surface area contributed by atoms with Gasteiger partial charge in [-0.25, -0.2) is 9.78 Å². The molecule has 11 nitrogen and oxygen atoms in total. The molecule has 13 heteroatoms. The summed E-state index contributed by atoms with van der Waals surface area (Å²) in [4.78, 5) is 32.8. The Morgan fingerprint density at radius 3 is 2.27 bits per heavy atom. The molecule has 4 rings (SSSR count). The van der Waals surface area contributed by atoms with Crippen LogP contribution in [0, 0.1) is 0 Å². The first-order valence-electron chi connectivity index (χ1n) is 15.3. The lowest BCUT2D eigenvalue weighted by Crippen LogP contribution is -2.55. The van der Waals surface area contributed by atoms with Crippen LogP contribution in [0.3, 0.4) is 0 Å². The molecule has 1 aliphatic carbocycles. The van der Waals surface area contributed by atoms with Crippen molar-refractivity contribution in [2.45, 2.75) is 102 Å². The number of amides is 2. The van der Waals surface area contributed by atoms with Crippen molar-refractivity contribution in [3.63, 3.8) is 0 Å². The summed E-state index contributed by atoms with van der Waals surface area (Å²) in [5, 5.41) is 9.31. The molecule has 1 aliphatic rings. The van der Waals surface area contributed by atoms with Crippen molar-refractivity contribution >= 4 is 54.5 Å². The van der Waals surface area contributed by atoms with E-state index < -0.39 is 27.4 Å². The van der Waals surface area contributed by atoms with Gasteiger partial charge < -0.3 is 19.6 Å². The van der Waals surface area contributed by atoms with E-state index in [9.17, 15) is 18.0 Å². The summed E-state index contributed by atoms with van der Waals surface area (Å²) in [5.41, 5.74) is -0.382. The molecule has 0 radical (unpaired) electrons. The van der Waals surface area contributed by atoms with Crippen LogP contribution >= 0.6 is 11.3 Å². The number of ether oxygens (including phenoxy) is 1. The average molecular weight is 660 g/mol. The van der Waals surface area contributed by atoms with Crippen molar-refractivity contribution in [1.82, 2.24) is 15.2 Å². The summed E-state index contributed by atoms with van der Waals surface area (Å²) in [7, 11) is -4.08. The van der Waals surface area contributed by atoms with Crippen molar-refractivity contribution in [3.8, 4) is 5.75 Å². The largest absolute Gasteiger partial charge is 0.444 e. The predicted octanol–water partition coefficient (Wildman–Crippen LogP) is 6.37. The molecule has 0 unspecified atom stereocenters. The van der Waals surface area contributed by atoms with E-state index in [1.807, 2.05) is 0 Å². The van der Waals surface area contributed by atoms with Crippen molar-refractivity contribution < 1.29 is 26.9 Å². The van der Waals surface area contributed by atoms with Gasteiger partial charge in [0.2, 0.25) is 0 Å². The quantitative estimate of drug-likeness (QED) is 0.189. The Balaban J connectivity index is 1.39. The molecule has 0 aliphatic heterocycles. The first kappa shape index (κ1) is 34.5. The summed E-state index contributed by atoms with van der Waals surface area (Å²) in [6, 6.07) is 12.1. The van der Waals surface area contributed by atoms with Crippen molar-refractivity contribution in [1.29, 1.82) is 0 Å². The molecule has 0 atom stereocenters. The molecular weight excluding hydrogens is 615 g/mol. The number of benzene rings is 2. The smallest absolute Gasteiger partial charge is 0.408 e. The molecule has 0 saturated heterocycles. The highest BCUT2D eigenvalue weighted by atomic mass is 32.2.